The fourth-order valence-electron chi connectivity index (χ4n) is 2.42. The minimum atomic E-state index is -0.807. The molecule has 2 unspecified atom stereocenters. The summed E-state index contributed by atoms with van der Waals surface area (Å²) in [6, 6.07) is 0. The summed E-state index contributed by atoms with van der Waals surface area (Å²) in [4.78, 5) is 24.6. The molecular weight excluding hydrogens is 234 g/mol. The molecule has 0 aromatic heterocycles. The van der Waals surface area contributed by atoms with E-state index in [1.54, 1.807) is 4.90 Å². The van der Waals surface area contributed by atoms with Gasteiger partial charge in [-0.05, 0) is 31.1 Å². The van der Waals surface area contributed by atoms with Gasteiger partial charge in [0.15, 0.2) is 0 Å². The summed E-state index contributed by atoms with van der Waals surface area (Å²) >= 11 is 0. The minimum absolute atomic E-state index is 0.0755. The fourth-order valence-corrected chi connectivity index (χ4v) is 2.42. The second kappa shape index (κ2) is 5.69. The number of ether oxygens (including phenoxy) is 1. The molecule has 1 saturated carbocycles. The number of aliphatic carboxylic acids is 1. The van der Waals surface area contributed by atoms with Crippen molar-refractivity contribution >= 4 is 11.9 Å². The molecule has 2 fully saturated rings. The summed E-state index contributed by atoms with van der Waals surface area (Å²) in [5.74, 6) is -0.426. The number of carbonyl (C=O) groups excluding carboxylic acids is 1. The zero-order chi connectivity index (χ0) is 13.1. The van der Waals surface area contributed by atoms with Crippen LogP contribution in [0.2, 0.25) is 0 Å². The first kappa shape index (κ1) is 13.3. The van der Waals surface area contributed by atoms with Gasteiger partial charge in [0.25, 0.3) is 0 Å². The van der Waals surface area contributed by atoms with E-state index in [0.717, 1.165) is 0 Å². The topological polar surface area (TPSA) is 66.8 Å². The van der Waals surface area contributed by atoms with Crippen LogP contribution in [0.25, 0.3) is 0 Å². The number of likely N-dealkylation sites (tertiary alicyclic amines) is 1. The molecule has 0 bridgehead atoms. The lowest BCUT2D eigenvalue weighted by Crippen LogP contribution is -2.46. The van der Waals surface area contributed by atoms with Gasteiger partial charge in [-0.3, -0.25) is 9.59 Å². The van der Waals surface area contributed by atoms with Crippen LogP contribution < -0.4 is 0 Å². The summed E-state index contributed by atoms with van der Waals surface area (Å²) in [5, 5.41) is 9.04. The maximum Gasteiger partial charge on any atom is 0.308 e. The second-order valence-corrected chi connectivity index (χ2v) is 5.63. The van der Waals surface area contributed by atoms with Gasteiger partial charge in [-0.1, -0.05) is 6.92 Å². The summed E-state index contributed by atoms with van der Waals surface area (Å²) < 4.78 is 5.36. The number of nitrogens with zero attached hydrogens (tertiary/aromatic N) is 1. The first-order valence-corrected chi connectivity index (χ1v) is 6.64. The van der Waals surface area contributed by atoms with Gasteiger partial charge in [0, 0.05) is 13.1 Å². The van der Waals surface area contributed by atoms with Crippen molar-refractivity contribution in [3.63, 3.8) is 0 Å². The Balaban J connectivity index is 1.78. The van der Waals surface area contributed by atoms with Crippen LogP contribution in [0, 0.1) is 17.8 Å². The van der Waals surface area contributed by atoms with Crippen molar-refractivity contribution in [3.05, 3.63) is 0 Å². The van der Waals surface area contributed by atoms with Crippen LogP contribution in [-0.2, 0) is 14.3 Å². The Kier molecular flexibility index (Phi) is 4.22. The van der Waals surface area contributed by atoms with Crippen molar-refractivity contribution in [1.82, 2.24) is 4.90 Å². The third-order valence-electron chi connectivity index (χ3n) is 3.64. The SMILES string of the molecule is CC1CC(C(=O)O)CN(C(=O)COCC2CC2)C1. The standard InChI is InChI=1S/C13H21NO4/c1-9-4-11(13(16)17)6-14(5-9)12(15)8-18-7-10-2-3-10/h9-11H,2-8H2,1H3,(H,16,17). The van der Waals surface area contributed by atoms with E-state index in [-0.39, 0.29) is 18.4 Å². The lowest BCUT2D eigenvalue weighted by Gasteiger charge is -2.34. The Hall–Kier alpha value is -1.10. The summed E-state index contributed by atoms with van der Waals surface area (Å²) in [6.07, 6.45) is 3.06. The zero-order valence-corrected chi connectivity index (χ0v) is 10.8. The smallest absolute Gasteiger partial charge is 0.308 e. The first-order chi connectivity index (χ1) is 8.56. The van der Waals surface area contributed by atoms with Gasteiger partial charge >= 0.3 is 5.97 Å². The molecule has 102 valence electrons. The highest BCUT2D eigenvalue weighted by Gasteiger charge is 2.32. The molecule has 1 amide bonds. The van der Waals surface area contributed by atoms with Gasteiger partial charge < -0.3 is 14.7 Å². The van der Waals surface area contributed by atoms with Crippen LogP contribution in [0.3, 0.4) is 0 Å². The molecule has 1 aliphatic heterocycles. The highest BCUT2D eigenvalue weighted by Crippen LogP contribution is 2.28. The lowest BCUT2D eigenvalue weighted by atomic mass is 9.90. The van der Waals surface area contributed by atoms with Crippen molar-refractivity contribution in [3.8, 4) is 0 Å². The van der Waals surface area contributed by atoms with E-state index in [4.69, 9.17) is 9.84 Å². The zero-order valence-electron chi connectivity index (χ0n) is 10.8. The van der Waals surface area contributed by atoms with Crippen LogP contribution >= 0.6 is 0 Å². The quantitative estimate of drug-likeness (QED) is 0.795. The van der Waals surface area contributed by atoms with Crippen LogP contribution in [0.15, 0.2) is 0 Å². The Bertz CT molecular complexity index is 327. The van der Waals surface area contributed by atoms with Crippen molar-refractivity contribution in [2.24, 2.45) is 17.8 Å². The van der Waals surface area contributed by atoms with E-state index in [9.17, 15) is 9.59 Å². The van der Waals surface area contributed by atoms with E-state index in [1.165, 1.54) is 12.8 Å². The van der Waals surface area contributed by atoms with Crippen molar-refractivity contribution in [2.75, 3.05) is 26.3 Å². The number of carbonyl (C=O) groups is 2. The average molecular weight is 255 g/mol. The Labute approximate surface area is 107 Å². The molecular formula is C13H21NO4. The van der Waals surface area contributed by atoms with Gasteiger partial charge in [0.2, 0.25) is 5.91 Å². The Morgan fingerprint density at radius 2 is 2.06 bits per heavy atom. The number of hydrogen-bond donors (Lipinski definition) is 1. The summed E-state index contributed by atoms with van der Waals surface area (Å²) in [5.41, 5.74) is 0. The number of amides is 1. The number of carboxylic acid groups (broad SMARTS) is 1. The molecule has 5 heteroatoms. The third kappa shape index (κ3) is 3.70. The van der Waals surface area contributed by atoms with E-state index in [1.807, 2.05) is 6.92 Å². The van der Waals surface area contributed by atoms with E-state index in [0.29, 0.717) is 32.0 Å². The van der Waals surface area contributed by atoms with Crippen LogP contribution in [0.4, 0.5) is 0 Å². The van der Waals surface area contributed by atoms with Crippen LogP contribution in [0.1, 0.15) is 26.2 Å². The first-order valence-electron chi connectivity index (χ1n) is 6.64. The highest BCUT2D eigenvalue weighted by molar-refractivity contribution is 5.79. The molecule has 0 spiro atoms. The van der Waals surface area contributed by atoms with Crippen molar-refractivity contribution in [2.45, 2.75) is 26.2 Å². The Morgan fingerprint density at radius 3 is 2.67 bits per heavy atom. The molecule has 1 N–H and O–H groups in total. The largest absolute Gasteiger partial charge is 0.481 e. The number of rotatable bonds is 5. The van der Waals surface area contributed by atoms with Crippen LogP contribution in [0.5, 0.6) is 0 Å². The van der Waals surface area contributed by atoms with Crippen molar-refractivity contribution < 1.29 is 19.4 Å². The molecule has 2 rings (SSSR count). The fraction of sp³-hybridized carbons (Fsp3) is 0.846. The molecule has 2 aliphatic rings. The van der Waals surface area contributed by atoms with Gasteiger partial charge in [-0.2, -0.15) is 0 Å². The normalized spacial score (nSPS) is 28.2. The van der Waals surface area contributed by atoms with Crippen LogP contribution in [-0.4, -0.2) is 48.2 Å². The maximum atomic E-state index is 11.9. The average Bonchev–Trinajstić information content (AvgIpc) is 3.12. The van der Waals surface area contributed by atoms with Gasteiger partial charge in [-0.15, -0.1) is 0 Å². The summed E-state index contributed by atoms with van der Waals surface area (Å²) in [6.45, 7) is 3.72. The molecule has 1 heterocycles. The minimum Gasteiger partial charge on any atom is -0.481 e. The highest BCUT2D eigenvalue weighted by atomic mass is 16.5. The van der Waals surface area contributed by atoms with Gasteiger partial charge in [-0.25, -0.2) is 0 Å². The van der Waals surface area contributed by atoms with E-state index < -0.39 is 11.9 Å². The van der Waals surface area contributed by atoms with Gasteiger partial charge in [0.1, 0.15) is 6.61 Å². The predicted octanol–water partition coefficient (Wildman–Crippen LogP) is 0.982. The molecule has 2 atom stereocenters. The number of piperidine rings is 1. The molecule has 1 aliphatic carbocycles. The predicted molar refractivity (Wildman–Crippen MR) is 65.0 cm³/mol. The molecule has 0 aromatic carbocycles. The number of hydrogen-bond acceptors (Lipinski definition) is 3. The number of carboxylic acids is 1. The summed E-state index contributed by atoms with van der Waals surface area (Å²) in [7, 11) is 0. The molecule has 0 radical (unpaired) electrons. The monoisotopic (exact) mass is 255 g/mol. The van der Waals surface area contributed by atoms with Crippen molar-refractivity contribution in [1.29, 1.82) is 0 Å². The molecule has 18 heavy (non-hydrogen) atoms. The molecule has 5 nitrogen and oxygen atoms in total. The molecule has 1 saturated heterocycles. The van der Waals surface area contributed by atoms with E-state index >= 15 is 0 Å². The second-order valence-electron chi connectivity index (χ2n) is 5.63. The lowest BCUT2D eigenvalue weighted by molar-refractivity contribution is -0.148. The Morgan fingerprint density at radius 1 is 1.33 bits per heavy atom. The molecule has 0 aromatic rings. The van der Waals surface area contributed by atoms with Gasteiger partial charge in [0.05, 0.1) is 12.5 Å². The third-order valence-corrected chi connectivity index (χ3v) is 3.64. The maximum absolute atomic E-state index is 11.9. The van der Waals surface area contributed by atoms with E-state index in [2.05, 4.69) is 0 Å².